The van der Waals surface area contributed by atoms with Crippen molar-refractivity contribution in [2.75, 3.05) is 10.2 Å². The number of aromatic carboxylic acids is 1. The second-order valence-electron chi connectivity index (χ2n) is 8.34. The highest BCUT2D eigenvalue weighted by molar-refractivity contribution is 5.94. The first kappa shape index (κ1) is 20.7. The molecule has 1 aliphatic heterocycles. The van der Waals surface area contributed by atoms with E-state index in [2.05, 4.69) is 15.2 Å². The van der Waals surface area contributed by atoms with Crippen molar-refractivity contribution < 1.29 is 9.90 Å². The molecule has 0 bridgehead atoms. The van der Waals surface area contributed by atoms with Crippen molar-refractivity contribution >= 4 is 23.1 Å². The molecule has 33 heavy (non-hydrogen) atoms. The number of carbonyl (C=O) groups is 1. The number of benzene rings is 1. The van der Waals surface area contributed by atoms with Crippen LogP contribution in [-0.4, -0.2) is 25.4 Å². The molecule has 166 valence electrons. The molecule has 0 fully saturated rings. The van der Waals surface area contributed by atoms with Crippen LogP contribution in [0.5, 0.6) is 0 Å². The number of nitrogens with zero attached hydrogens (tertiary/aromatic N) is 4. The number of anilines is 2. The highest BCUT2D eigenvalue weighted by Gasteiger charge is 2.22. The van der Waals surface area contributed by atoms with Gasteiger partial charge in [-0.2, -0.15) is 0 Å². The van der Waals surface area contributed by atoms with Crippen molar-refractivity contribution in [3.8, 4) is 0 Å². The Bertz CT molecular complexity index is 1420. The summed E-state index contributed by atoms with van der Waals surface area (Å²) >= 11 is 0. The number of hydrogen-bond donors (Lipinski definition) is 2. The van der Waals surface area contributed by atoms with Crippen LogP contribution in [-0.2, 0) is 13.1 Å². The quantitative estimate of drug-likeness (QED) is 0.486. The van der Waals surface area contributed by atoms with Gasteiger partial charge in [-0.25, -0.2) is 9.78 Å². The Kier molecular flexibility index (Phi) is 5.05. The molecule has 2 N–H and O–H groups in total. The number of nitrogens with one attached hydrogen (secondary N) is 1. The molecule has 0 radical (unpaired) electrons. The summed E-state index contributed by atoms with van der Waals surface area (Å²) in [5, 5.41) is 12.8. The number of carboxylic acids is 1. The number of aromatic nitrogens is 3. The first-order chi connectivity index (χ1) is 15.9. The van der Waals surface area contributed by atoms with Crippen LogP contribution in [0.1, 0.15) is 45.6 Å². The molecule has 0 aliphatic carbocycles. The predicted octanol–water partition coefficient (Wildman–Crippen LogP) is 3.79. The average Bonchev–Trinajstić information content (AvgIpc) is 3.23. The highest BCUT2D eigenvalue weighted by atomic mass is 16.4. The third-order valence-electron chi connectivity index (χ3n) is 5.96. The smallest absolute Gasteiger partial charge is 0.337 e. The fraction of sp³-hybridized carbons (Fsp3) is 0.200. The molecule has 1 aliphatic rings. The molecular formula is C25H23N5O3. The van der Waals surface area contributed by atoms with Gasteiger partial charge in [0.2, 0.25) is 0 Å². The Hall–Kier alpha value is -4.20. The Morgan fingerprint density at radius 2 is 1.94 bits per heavy atom. The molecule has 5 rings (SSSR count). The molecule has 3 aromatic heterocycles. The highest BCUT2D eigenvalue weighted by Crippen LogP contribution is 2.29. The van der Waals surface area contributed by atoms with Gasteiger partial charge in [-0.15, -0.1) is 0 Å². The summed E-state index contributed by atoms with van der Waals surface area (Å²) in [6.45, 7) is 5.17. The maximum atomic E-state index is 13.0. The van der Waals surface area contributed by atoms with Gasteiger partial charge in [-0.3, -0.25) is 14.2 Å². The van der Waals surface area contributed by atoms with Gasteiger partial charge in [0.15, 0.2) is 0 Å². The fourth-order valence-electron chi connectivity index (χ4n) is 4.33. The van der Waals surface area contributed by atoms with E-state index in [0.717, 1.165) is 16.7 Å². The van der Waals surface area contributed by atoms with Crippen LogP contribution in [0, 0.1) is 6.92 Å². The topological polar surface area (TPSA) is 99.8 Å². The Balaban J connectivity index is 1.57. The molecule has 0 spiro atoms. The summed E-state index contributed by atoms with van der Waals surface area (Å²) in [4.78, 5) is 35.8. The summed E-state index contributed by atoms with van der Waals surface area (Å²) in [5.41, 5.74) is 5.12. The van der Waals surface area contributed by atoms with Crippen LogP contribution in [0.3, 0.4) is 0 Å². The maximum Gasteiger partial charge on any atom is 0.337 e. The average molecular weight is 441 g/mol. The largest absolute Gasteiger partial charge is 0.478 e. The lowest BCUT2D eigenvalue weighted by atomic mass is 10.1. The van der Waals surface area contributed by atoms with Gasteiger partial charge in [-0.05, 0) is 54.8 Å². The molecule has 1 atom stereocenters. The molecule has 0 unspecified atom stereocenters. The second-order valence-corrected chi connectivity index (χ2v) is 8.34. The summed E-state index contributed by atoms with van der Waals surface area (Å²) in [5.74, 6) is -0.390. The zero-order chi connectivity index (χ0) is 23.1. The van der Waals surface area contributed by atoms with Gasteiger partial charge >= 0.3 is 5.97 Å². The van der Waals surface area contributed by atoms with Crippen molar-refractivity contribution in [1.29, 1.82) is 0 Å². The third-order valence-corrected chi connectivity index (χ3v) is 5.96. The van der Waals surface area contributed by atoms with Crippen LogP contribution >= 0.6 is 0 Å². The summed E-state index contributed by atoms with van der Waals surface area (Å²) in [7, 11) is 0. The second kappa shape index (κ2) is 8.05. The summed E-state index contributed by atoms with van der Waals surface area (Å²) in [6, 6.07) is 12.0. The van der Waals surface area contributed by atoms with Crippen LogP contribution in [0.15, 0.2) is 65.8 Å². The van der Waals surface area contributed by atoms with Crippen molar-refractivity contribution in [2.45, 2.75) is 33.0 Å². The van der Waals surface area contributed by atoms with Crippen molar-refractivity contribution in [3.63, 3.8) is 0 Å². The van der Waals surface area contributed by atoms with E-state index in [-0.39, 0.29) is 17.2 Å². The molecule has 0 saturated carbocycles. The van der Waals surface area contributed by atoms with E-state index >= 15 is 0 Å². The standard InChI is InChI=1S/C25H23N5O3/c1-15-9-20(16(2)27-21-6-4-3-5-19(21)25(32)33)24-28-22(10-23(31)30(24)12-15)29-13-17-7-8-26-11-18(17)14-29/h3-12,16,27H,13-14H2,1-2H3,(H,32,33)/t16-/m1/s1. The lowest BCUT2D eigenvalue weighted by Crippen LogP contribution is -2.23. The molecule has 4 aromatic rings. The number of pyridine rings is 2. The van der Waals surface area contributed by atoms with Crippen molar-refractivity contribution in [1.82, 2.24) is 14.4 Å². The van der Waals surface area contributed by atoms with Crippen molar-refractivity contribution in [2.24, 2.45) is 0 Å². The lowest BCUT2D eigenvalue weighted by molar-refractivity contribution is 0.0698. The van der Waals surface area contributed by atoms with Gasteiger partial charge < -0.3 is 15.3 Å². The number of aryl methyl sites for hydroxylation is 1. The molecule has 8 nitrogen and oxygen atoms in total. The van der Waals surface area contributed by atoms with Crippen LogP contribution < -0.4 is 15.8 Å². The van der Waals surface area contributed by atoms with Crippen LogP contribution in [0.2, 0.25) is 0 Å². The SMILES string of the molecule is Cc1cc([C@@H](C)Nc2ccccc2C(=O)O)c2nc(N3Cc4ccncc4C3)cc(=O)n2c1. The van der Waals surface area contributed by atoms with E-state index < -0.39 is 5.97 Å². The number of fused-ring (bicyclic) bond motifs is 2. The normalized spacial score (nSPS) is 13.7. The Morgan fingerprint density at radius 1 is 1.15 bits per heavy atom. The van der Waals surface area contributed by atoms with Gasteiger partial charge in [0.1, 0.15) is 11.5 Å². The van der Waals surface area contributed by atoms with Crippen LogP contribution in [0.25, 0.3) is 5.65 Å². The van der Waals surface area contributed by atoms with E-state index in [0.29, 0.717) is 30.2 Å². The number of carboxylic acid groups (broad SMARTS) is 1. The zero-order valence-corrected chi connectivity index (χ0v) is 18.3. The van der Waals surface area contributed by atoms with Gasteiger partial charge in [0, 0.05) is 49.0 Å². The maximum absolute atomic E-state index is 13.0. The van der Waals surface area contributed by atoms with Gasteiger partial charge in [0.25, 0.3) is 5.56 Å². The number of hydrogen-bond acceptors (Lipinski definition) is 6. The van der Waals surface area contributed by atoms with Gasteiger partial charge in [-0.1, -0.05) is 12.1 Å². The molecular weight excluding hydrogens is 418 g/mol. The zero-order valence-electron chi connectivity index (χ0n) is 18.3. The lowest BCUT2D eigenvalue weighted by Gasteiger charge is -2.21. The number of para-hydroxylation sites is 1. The van der Waals surface area contributed by atoms with Gasteiger partial charge in [0.05, 0.1) is 11.6 Å². The first-order valence-corrected chi connectivity index (χ1v) is 10.7. The summed E-state index contributed by atoms with van der Waals surface area (Å²) < 4.78 is 1.56. The minimum atomic E-state index is -1.00. The van der Waals surface area contributed by atoms with E-state index in [4.69, 9.17) is 4.98 Å². The van der Waals surface area contributed by atoms with Crippen molar-refractivity contribution in [3.05, 3.63) is 99.2 Å². The molecule has 0 saturated heterocycles. The Labute approximate surface area is 190 Å². The van der Waals surface area contributed by atoms with E-state index in [1.165, 1.54) is 5.56 Å². The minimum absolute atomic E-state index is 0.160. The third kappa shape index (κ3) is 3.80. The fourth-order valence-corrected chi connectivity index (χ4v) is 4.33. The molecule has 8 heteroatoms. The number of rotatable bonds is 5. The van der Waals surface area contributed by atoms with E-state index in [1.807, 2.05) is 32.2 Å². The van der Waals surface area contributed by atoms with E-state index in [9.17, 15) is 14.7 Å². The predicted molar refractivity (Wildman–Crippen MR) is 126 cm³/mol. The minimum Gasteiger partial charge on any atom is -0.478 e. The summed E-state index contributed by atoms with van der Waals surface area (Å²) in [6.07, 6.45) is 5.40. The molecule has 4 heterocycles. The Morgan fingerprint density at radius 3 is 2.73 bits per heavy atom. The molecule has 0 amide bonds. The van der Waals surface area contributed by atoms with Crippen LogP contribution in [0.4, 0.5) is 11.5 Å². The monoisotopic (exact) mass is 441 g/mol. The molecule has 1 aromatic carbocycles. The first-order valence-electron chi connectivity index (χ1n) is 10.7. The van der Waals surface area contributed by atoms with E-state index in [1.54, 1.807) is 47.1 Å².